The fourth-order valence-corrected chi connectivity index (χ4v) is 3.98. The second-order valence-corrected chi connectivity index (χ2v) is 7.85. The SMILES string of the molecule is COc1ccc(Cn2ncc3cc(C(=O)Nc4ccccc4N4CCOC4=O)cnc32)c(OC)c1. The molecule has 3 heterocycles. The van der Waals surface area contributed by atoms with Crippen LogP contribution in [0.3, 0.4) is 0 Å². The standard InChI is InChI=1S/C25H23N5O5/c1-33-19-8-7-16(22(12-19)34-2)15-30-23-17(14-27-30)11-18(13-26-23)24(31)28-20-5-3-4-6-21(20)29-9-10-35-25(29)32/h3-8,11-14H,9-10,15H2,1-2H3,(H,28,31). The lowest BCUT2D eigenvalue weighted by atomic mass is 10.2. The minimum atomic E-state index is -0.435. The van der Waals surface area contributed by atoms with Crippen molar-refractivity contribution in [3.8, 4) is 11.5 Å². The molecule has 35 heavy (non-hydrogen) atoms. The van der Waals surface area contributed by atoms with Crippen LogP contribution in [-0.4, -0.2) is 54.1 Å². The number of hydrogen-bond acceptors (Lipinski definition) is 7. The summed E-state index contributed by atoms with van der Waals surface area (Å²) in [7, 11) is 3.21. The number of nitrogens with zero attached hydrogens (tertiary/aromatic N) is 4. The lowest BCUT2D eigenvalue weighted by molar-refractivity contribution is 0.102. The average molecular weight is 473 g/mol. The number of pyridine rings is 1. The van der Waals surface area contributed by atoms with Gasteiger partial charge in [-0.05, 0) is 30.3 Å². The number of amides is 2. The fourth-order valence-electron chi connectivity index (χ4n) is 3.98. The number of benzene rings is 2. The predicted octanol–water partition coefficient (Wildman–Crippen LogP) is 3.71. The maximum atomic E-state index is 13.0. The van der Waals surface area contributed by atoms with E-state index in [1.165, 1.54) is 11.1 Å². The molecule has 4 aromatic rings. The Balaban J connectivity index is 1.37. The molecule has 0 radical (unpaired) electrons. The molecule has 10 heteroatoms. The highest BCUT2D eigenvalue weighted by molar-refractivity contribution is 6.08. The molecule has 5 rings (SSSR count). The van der Waals surface area contributed by atoms with Crippen molar-refractivity contribution >= 4 is 34.4 Å². The van der Waals surface area contributed by atoms with Crippen molar-refractivity contribution in [3.05, 3.63) is 72.1 Å². The first-order valence-corrected chi connectivity index (χ1v) is 10.9. The number of fused-ring (bicyclic) bond motifs is 1. The Morgan fingerprint density at radius 1 is 1.11 bits per heavy atom. The number of hydrogen-bond donors (Lipinski definition) is 1. The second-order valence-electron chi connectivity index (χ2n) is 7.85. The summed E-state index contributed by atoms with van der Waals surface area (Å²) in [6, 6.07) is 14.4. The van der Waals surface area contributed by atoms with Gasteiger partial charge in [0.15, 0.2) is 5.65 Å². The number of methoxy groups -OCH3 is 2. The monoisotopic (exact) mass is 473 g/mol. The summed E-state index contributed by atoms with van der Waals surface area (Å²) >= 11 is 0. The van der Waals surface area contributed by atoms with Gasteiger partial charge >= 0.3 is 6.09 Å². The Labute approximate surface area is 201 Å². The van der Waals surface area contributed by atoms with E-state index in [0.29, 0.717) is 53.8 Å². The van der Waals surface area contributed by atoms with Crippen LogP contribution in [0.1, 0.15) is 15.9 Å². The summed E-state index contributed by atoms with van der Waals surface area (Å²) in [5.74, 6) is 1.04. The third-order valence-electron chi connectivity index (χ3n) is 5.76. The summed E-state index contributed by atoms with van der Waals surface area (Å²) < 4.78 is 17.5. The van der Waals surface area contributed by atoms with Gasteiger partial charge in [-0.1, -0.05) is 12.1 Å². The smallest absolute Gasteiger partial charge is 0.414 e. The van der Waals surface area contributed by atoms with Crippen molar-refractivity contribution in [2.75, 3.05) is 37.6 Å². The van der Waals surface area contributed by atoms with E-state index in [9.17, 15) is 9.59 Å². The Morgan fingerprint density at radius 2 is 1.97 bits per heavy atom. The normalized spacial score (nSPS) is 13.1. The lowest BCUT2D eigenvalue weighted by Crippen LogP contribution is -2.25. The third kappa shape index (κ3) is 4.33. The fraction of sp³-hybridized carbons (Fsp3) is 0.200. The molecule has 1 aliphatic rings. The van der Waals surface area contributed by atoms with Gasteiger partial charge in [-0.25, -0.2) is 14.5 Å². The minimum absolute atomic E-state index is 0.314. The van der Waals surface area contributed by atoms with Gasteiger partial charge < -0.3 is 19.5 Å². The van der Waals surface area contributed by atoms with Gasteiger partial charge in [0, 0.05) is 23.2 Å². The molecule has 10 nitrogen and oxygen atoms in total. The summed E-state index contributed by atoms with van der Waals surface area (Å²) in [4.78, 5) is 31.0. The Kier molecular flexibility index (Phi) is 5.92. The van der Waals surface area contributed by atoms with Crippen molar-refractivity contribution < 1.29 is 23.8 Å². The van der Waals surface area contributed by atoms with Gasteiger partial charge in [-0.15, -0.1) is 0 Å². The Bertz CT molecular complexity index is 1420. The molecular formula is C25H23N5O5. The maximum Gasteiger partial charge on any atom is 0.414 e. The van der Waals surface area contributed by atoms with Crippen molar-refractivity contribution in [2.24, 2.45) is 0 Å². The van der Waals surface area contributed by atoms with Crippen molar-refractivity contribution in [1.82, 2.24) is 14.8 Å². The van der Waals surface area contributed by atoms with E-state index < -0.39 is 6.09 Å². The van der Waals surface area contributed by atoms with E-state index in [-0.39, 0.29) is 5.91 Å². The van der Waals surface area contributed by atoms with Crippen molar-refractivity contribution in [1.29, 1.82) is 0 Å². The summed E-state index contributed by atoms with van der Waals surface area (Å²) in [5, 5.41) is 8.05. The molecule has 0 unspecified atom stereocenters. The number of ether oxygens (including phenoxy) is 3. The highest BCUT2D eigenvalue weighted by atomic mass is 16.6. The number of para-hydroxylation sites is 2. The van der Waals surface area contributed by atoms with Gasteiger partial charge in [-0.2, -0.15) is 5.10 Å². The number of rotatable bonds is 7. The van der Waals surface area contributed by atoms with Gasteiger partial charge in [0.1, 0.15) is 18.1 Å². The number of cyclic esters (lactones) is 1. The third-order valence-corrected chi connectivity index (χ3v) is 5.76. The number of nitrogens with one attached hydrogen (secondary N) is 1. The minimum Gasteiger partial charge on any atom is -0.497 e. The summed E-state index contributed by atoms with van der Waals surface area (Å²) in [6.45, 7) is 1.18. The van der Waals surface area contributed by atoms with E-state index in [4.69, 9.17) is 14.2 Å². The lowest BCUT2D eigenvalue weighted by Gasteiger charge is -2.17. The number of aromatic nitrogens is 3. The van der Waals surface area contributed by atoms with Crippen LogP contribution in [-0.2, 0) is 11.3 Å². The zero-order chi connectivity index (χ0) is 24.4. The zero-order valence-corrected chi connectivity index (χ0v) is 19.2. The largest absolute Gasteiger partial charge is 0.497 e. The highest BCUT2D eigenvalue weighted by Crippen LogP contribution is 2.29. The molecule has 1 fully saturated rings. The van der Waals surface area contributed by atoms with Crippen LogP contribution in [0, 0.1) is 0 Å². The highest BCUT2D eigenvalue weighted by Gasteiger charge is 2.26. The van der Waals surface area contributed by atoms with Crippen LogP contribution in [0.5, 0.6) is 11.5 Å². The molecule has 0 saturated carbocycles. The average Bonchev–Trinajstić information content (AvgIpc) is 3.50. The molecule has 0 bridgehead atoms. The Morgan fingerprint density at radius 3 is 2.74 bits per heavy atom. The van der Waals surface area contributed by atoms with Crippen LogP contribution in [0.15, 0.2) is 60.9 Å². The van der Waals surface area contributed by atoms with E-state index in [2.05, 4.69) is 15.4 Å². The first-order valence-electron chi connectivity index (χ1n) is 10.9. The summed E-state index contributed by atoms with van der Waals surface area (Å²) in [5.41, 5.74) is 3.02. The first kappa shape index (κ1) is 22.2. The van der Waals surface area contributed by atoms with Crippen LogP contribution in [0.4, 0.5) is 16.2 Å². The zero-order valence-electron chi connectivity index (χ0n) is 19.2. The van der Waals surface area contributed by atoms with E-state index in [1.807, 2.05) is 18.2 Å². The molecule has 178 valence electrons. The summed E-state index contributed by atoms with van der Waals surface area (Å²) in [6.07, 6.45) is 2.74. The molecule has 0 aliphatic carbocycles. The topological polar surface area (TPSA) is 108 Å². The van der Waals surface area contributed by atoms with E-state index in [1.54, 1.807) is 55.4 Å². The molecule has 1 N–H and O–H groups in total. The van der Waals surface area contributed by atoms with Gasteiger partial charge in [0.05, 0.1) is 50.4 Å². The van der Waals surface area contributed by atoms with Crippen LogP contribution < -0.4 is 19.7 Å². The first-order chi connectivity index (χ1) is 17.1. The van der Waals surface area contributed by atoms with Crippen molar-refractivity contribution in [3.63, 3.8) is 0 Å². The van der Waals surface area contributed by atoms with E-state index >= 15 is 0 Å². The van der Waals surface area contributed by atoms with E-state index in [0.717, 1.165) is 10.9 Å². The molecule has 0 atom stereocenters. The van der Waals surface area contributed by atoms with Crippen LogP contribution in [0.2, 0.25) is 0 Å². The number of carbonyl (C=O) groups is 2. The number of anilines is 2. The van der Waals surface area contributed by atoms with Crippen molar-refractivity contribution in [2.45, 2.75) is 6.54 Å². The molecule has 0 spiro atoms. The maximum absolute atomic E-state index is 13.0. The molecule has 2 aromatic carbocycles. The molecule has 2 aromatic heterocycles. The van der Waals surface area contributed by atoms with Crippen LogP contribution >= 0.6 is 0 Å². The Hall–Kier alpha value is -4.60. The van der Waals surface area contributed by atoms with Crippen LogP contribution in [0.25, 0.3) is 11.0 Å². The molecule has 1 saturated heterocycles. The van der Waals surface area contributed by atoms with Gasteiger partial charge in [0.25, 0.3) is 5.91 Å². The molecular weight excluding hydrogens is 450 g/mol. The number of carbonyl (C=O) groups excluding carboxylic acids is 2. The van der Waals surface area contributed by atoms with Gasteiger partial charge in [-0.3, -0.25) is 9.69 Å². The molecule has 2 amide bonds. The second kappa shape index (κ2) is 9.34. The predicted molar refractivity (Wildman–Crippen MR) is 129 cm³/mol. The molecule has 1 aliphatic heterocycles. The van der Waals surface area contributed by atoms with Gasteiger partial charge in [0.2, 0.25) is 0 Å². The quantitative estimate of drug-likeness (QED) is 0.436.